The molecule has 0 saturated heterocycles. The van der Waals surface area contributed by atoms with Crippen molar-refractivity contribution in [1.82, 2.24) is 5.32 Å². The van der Waals surface area contributed by atoms with Crippen molar-refractivity contribution in [3.05, 3.63) is 28.8 Å². The Morgan fingerprint density at radius 3 is 2.70 bits per heavy atom. The number of hydrogen-bond donors (Lipinski definition) is 3. The lowest BCUT2D eigenvalue weighted by Crippen LogP contribution is -2.33. The molecule has 112 valence electrons. The number of anilines is 1. The van der Waals surface area contributed by atoms with Gasteiger partial charge in [-0.3, -0.25) is 0 Å². The van der Waals surface area contributed by atoms with E-state index in [-0.39, 0.29) is 23.2 Å². The predicted octanol–water partition coefficient (Wildman–Crippen LogP) is 3.15. The number of rotatable bonds is 6. The minimum absolute atomic E-state index is 0.0419. The smallest absolute Gasteiger partial charge is 0.319 e. The van der Waals surface area contributed by atoms with Crippen LogP contribution < -0.4 is 10.6 Å². The summed E-state index contributed by atoms with van der Waals surface area (Å²) in [6.07, 6.45) is 1.37. The van der Waals surface area contributed by atoms with Crippen molar-refractivity contribution >= 4 is 23.3 Å². The number of hydrogen-bond acceptors (Lipinski definition) is 2. The first-order valence-electron chi connectivity index (χ1n) is 6.28. The molecule has 1 unspecified atom stereocenters. The molecule has 0 bridgehead atoms. The van der Waals surface area contributed by atoms with Crippen molar-refractivity contribution in [2.45, 2.75) is 19.8 Å². The summed E-state index contributed by atoms with van der Waals surface area (Å²) in [5.41, 5.74) is -0.263. The van der Waals surface area contributed by atoms with Crippen molar-refractivity contribution in [3.8, 4) is 0 Å². The lowest BCUT2D eigenvalue weighted by atomic mass is 10.0. The van der Waals surface area contributed by atoms with Gasteiger partial charge in [-0.25, -0.2) is 13.6 Å². The molecule has 7 heteroatoms. The zero-order valence-corrected chi connectivity index (χ0v) is 11.8. The first kappa shape index (κ1) is 16.7. The summed E-state index contributed by atoms with van der Waals surface area (Å²) in [6, 6.07) is 0.928. The Balaban J connectivity index is 2.59. The van der Waals surface area contributed by atoms with Crippen molar-refractivity contribution in [1.29, 1.82) is 0 Å². The maximum Gasteiger partial charge on any atom is 0.319 e. The van der Waals surface area contributed by atoms with Gasteiger partial charge >= 0.3 is 6.03 Å². The standard InChI is InChI=1S/C13H17ClF2N2O2/c1-2-8(3-4-19)7-17-13(20)18-12-10(14)5-9(15)6-11(12)16/h5-6,8,19H,2-4,7H2,1H3,(H2,17,18,20). The molecule has 0 aliphatic rings. The van der Waals surface area contributed by atoms with Gasteiger partial charge in [0.25, 0.3) is 0 Å². The van der Waals surface area contributed by atoms with Crippen LogP contribution in [-0.4, -0.2) is 24.3 Å². The molecule has 0 saturated carbocycles. The highest BCUT2D eigenvalue weighted by Crippen LogP contribution is 2.26. The molecular weight excluding hydrogens is 290 g/mol. The molecule has 20 heavy (non-hydrogen) atoms. The van der Waals surface area contributed by atoms with Crippen LogP contribution in [0.1, 0.15) is 19.8 Å². The highest BCUT2D eigenvalue weighted by molar-refractivity contribution is 6.33. The maximum atomic E-state index is 13.5. The summed E-state index contributed by atoms with van der Waals surface area (Å²) in [7, 11) is 0. The van der Waals surface area contributed by atoms with E-state index in [1.807, 2.05) is 6.92 Å². The molecule has 0 radical (unpaired) electrons. The number of benzene rings is 1. The van der Waals surface area contributed by atoms with Crippen LogP contribution in [0.25, 0.3) is 0 Å². The summed E-state index contributed by atoms with van der Waals surface area (Å²) in [4.78, 5) is 11.6. The molecule has 0 aliphatic carbocycles. The van der Waals surface area contributed by atoms with Crippen LogP contribution in [0.4, 0.5) is 19.3 Å². The molecule has 0 spiro atoms. The third-order valence-corrected chi connectivity index (χ3v) is 3.21. The van der Waals surface area contributed by atoms with Gasteiger partial charge < -0.3 is 15.7 Å². The van der Waals surface area contributed by atoms with Crippen LogP contribution in [0, 0.1) is 17.6 Å². The second-order valence-electron chi connectivity index (χ2n) is 4.37. The number of nitrogens with one attached hydrogen (secondary N) is 2. The van der Waals surface area contributed by atoms with Crippen LogP contribution in [-0.2, 0) is 0 Å². The predicted molar refractivity (Wildman–Crippen MR) is 73.9 cm³/mol. The molecule has 1 rings (SSSR count). The van der Waals surface area contributed by atoms with Crippen molar-refractivity contribution in [2.24, 2.45) is 5.92 Å². The van der Waals surface area contributed by atoms with Crippen LogP contribution in [0.5, 0.6) is 0 Å². The van der Waals surface area contributed by atoms with E-state index < -0.39 is 17.7 Å². The number of halogens is 3. The topological polar surface area (TPSA) is 61.4 Å². The molecular formula is C13H17ClF2N2O2. The first-order chi connectivity index (χ1) is 9.47. The number of amides is 2. The van der Waals surface area contributed by atoms with Crippen molar-refractivity contribution in [2.75, 3.05) is 18.5 Å². The van der Waals surface area contributed by atoms with Gasteiger partial charge in [0, 0.05) is 19.2 Å². The summed E-state index contributed by atoms with van der Waals surface area (Å²) in [5.74, 6) is -1.61. The Morgan fingerprint density at radius 2 is 2.15 bits per heavy atom. The SMILES string of the molecule is CCC(CCO)CNC(=O)Nc1c(F)cc(F)cc1Cl. The molecule has 0 aromatic heterocycles. The lowest BCUT2D eigenvalue weighted by Gasteiger charge is -2.15. The third kappa shape index (κ3) is 4.94. The Bertz CT molecular complexity index is 449. The summed E-state index contributed by atoms with van der Waals surface area (Å²) >= 11 is 5.66. The zero-order valence-electron chi connectivity index (χ0n) is 11.0. The van der Waals surface area contributed by atoms with Crippen molar-refractivity contribution in [3.63, 3.8) is 0 Å². The second kappa shape index (κ2) is 8.01. The van der Waals surface area contributed by atoms with E-state index >= 15 is 0 Å². The van der Waals surface area contributed by atoms with Crippen molar-refractivity contribution < 1.29 is 18.7 Å². The number of carbonyl (C=O) groups excluding carboxylic acids is 1. The molecule has 1 aromatic rings. The fourth-order valence-electron chi connectivity index (χ4n) is 1.69. The highest BCUT2D eigenvalue weighted by atomic mass is 35.5. The Morgan fingerprint density at radius 1 is 1.45 bits per heavy atom. The van der Waals surface area contributed by atoms with Gasteiger partial charge in [0.2, 0.25) is 0 Å². The Hall–Kier alpha value is -1.40. The quantitative estimate of drug-likeness (QED) is 0.756. The van der Waals surface area contributed by atoms with Gasteiger partial charge in [0.1, 0.15) is 5.82 Å². The molecule has 3 N–H and O–H groups in total. The van der Waals surface area contributed by atoms with Crippen LogP contribution in [0.2, 0.25) is 5.02 Å². The monoisotopic (exact) mass is 306 g/mol. The average Bonchev–Trinajstić information content (AvgIpc) is 2.38. The van der Waals surface area contributed by atoms with E-state index in [2.05, 4.69) is 10.6 Å². The van der Waals surface area contributed by atoms with E-state index in [9.17, 15) is 13.6 Å². The minimum Gasteiger partial charge on any atom is -0.396 e. The summed E-state index contributed by atoms with van der Waals surface area (Å²) in [6.45, 7) is 2.33. The minimum atomic E-state index is -0.937. The van der Waals surface area contributed by atoms with Gasteiger partial charge in [0.15, 0.2) is 5.82 Å². The van der Waals surface area contributed by atoms with Gasteiger partial charge in [-0.15, -0.1) is 0 Å². The number of aliphatic hydroxyl groups is 1. The molecule has 4 nitrogen and oxygen atoms in total. The van der Waals surface area contributed by atoms with E-state index in [1.165, 1.54) is 0 Å². The van der Waals surface area contributed by atoms with Gasteiger partial charge in [0.05, 0.1) is 10.7 Å². The van der Waals surface area contributed by atoms with E-state index in [0.29, 0.717) is 19.0 Å². The molecule has 1 atom stereocenters. The fraction of sp³-hybridized carbons (Fsp3) is 0.462. The number of carbonyl (C=O) groups is 1. The van der Waals surface area contributed by atoms with Crippen LogP contribution in [0.3, 0.4) is 0 Å². The Labute approximate surface area is 121 Å². The van der Waals surface area contributed by atoms with Gasteiger partial charge in [-0.05, 0) is 18.4 Å². The van der Waals surface area contributed by atoms with E-state index in [4.69, 9.17) is 16.7 Å². The largest absolute Gasteiger partial charge is 0.396 e. The molecule has 0 aliphatic heterocycles. The Kier molecular flexibility index (Phi) is 6.67. The molecule has 2 amide bonds. The normalized spacial score (nSPS) is 12.1. The maximum absolute atomic E-state index is 13.5. The highest BCUT2D eigenvalue weighted by Gasteiger charge is 2.14. The zero-order chi connectivity index (χ0) is 15.1. The molecule has 0 fully saturated rings. The van der Waals surface area contributed by atoms with Crippen LogP contribution in [0.15, 0.2) is 12.1 Å². The lowest BCUT2D eigenvalue weighted by molar-refractivity contribution is 0.238. The summed E-state index contributed by atoms with van der Waals surface area (Å²) < 4.78 is 26.3. The third-order valence-electron chi connectivity index (χ3n) is 2.91. The summed E-state index contributed by atoms with van der Waals surface area (Å²) in [5, 5.41) is 13.4. The van der Waals surface area contributed by atoms with E-state index in [1.54, 1.807) is 0 Å². The van der Waals surface area contributed by atoms with Gasteiger partial charge in [-0.2, -0.15) is 0 Å². The first-order valence-corrected chi connectivity index (χ1v) is 6.66. The average molecular weight is 307 g/mol. The second-order valence-corrected chi connectivity index (χ2v) is 4.77. The molecule has 1 aromatic carbocycles. The number of urea groups is 1. The number of aliphatic hydroxyl groups excluding tert-OH is 1. The van der Waals surface area contributed by atoms with Gasteiger partial charge in [-0.1, -0.05) is 24.9 Å². The molecule has 0 heterocycles. The van der Waals surface area contributed by atoms with Crippen LogP contribution >= 0.6 is 11.6 Å². The van der Waals surface area contributed by atoms with E-state index in [0.717, 1.165) is 12.5 Å². The fourth-order valence-corrected chi connectivity index (χ4v) is 1.93.